The zero-order valence-corrected chi connectivity index (χ0v) is 29.6. The number of carbonyl (C=O) groups is 3. The number of aromatic nitrogens is 4. The Labute approximate surface area is 287 Å². The fraction of sp³-hybridized carbons (Fsp3) is 0.375. The Hall–Kier alpha value is -5.05. The molecule has 8 bridgehead atoms. The summed E-state index contributed by atoms with van der Waals surface area (Å²) in [7, 11) is 1.37. The van der Waals surface area contributed by atoms with Crippen molar-refractivity contribution in [1.82, 2.24) is 24.8 Å². The number of ether oxygens (including phenoxy) is 1. The number of unbranched alkanes of at least 4 members (excludes halogenated alkanes) is 3. The van der Waals surface area contributed by atoms with Crippen molar-refractivity contribution < 1.29 is 19.1 Å². The molecule has 0 spiro atoms. The fourth-order valence-electron chi connectivity index (χ4n) is 7.31. The summed E-state index contributed by atoms with van der Waals surface area (Å²) in [6, 6.07) is 6.04. The van der Waals surface area contributed by atoms with E-state index in [1.54, 1.807) is 0 Å². The van der Waals surface area contributed by atoms with Crippen LogP contribution in [-0.2, 0) is 9.53 Å². The van der Waals surface area contributed by atoms with E-state index in [1.165, 1.54) is 12.0 Å². The van der Waals surface area contributed by atoms with E-state index in [-0.39, 0.29) is 24.2 Å². The Morgan fingerprint density at radius 3 is 2.18 bits per heavy atom. The van der Waals surface area contributed by atoms with Crippen LogP contribution < -0.4 is 0 Å². The number of H-pyrrole nitrogens is 2. The Morgan fingerprint density at radius 2 is 1.49 bits per heavy atom. The van der Waals surface area contributed by atoms with Gasteiger partial charge in [-0.05, 0) is 98.6 Å². The standard InChI is InChI=1S/C40H45N5O4/c1-9-12-13-14-17-45-39(47)35-24(7)31-20-33-26(11-3)22(5)29(42-33)19-32-25(10-2)21(4)28(41-32)18-30-23(6)27(15-16-34(46)49-8)37(43-30)36(40(45)48)38(35)44-31/h10,18-20,41,44H,2,9,11-17H2,1,3-8H3. The summed E-state index contributed by atoms with van der Waals surface area (Å²) < 4.78 is 4.99. The number of nitrogens with one attached hydrogen (secondary N) is 2. The first kappa shape index (κ1) is 33.8. The lowest BCUT2D eigenvalue weighted by molar-refractivity contribution is -0.140. The van der Waals surface area contributed by atoms with Crippen LogP contribution in [0, 0.1) is 13.8 Å². The van der Waals surface area contributed by atoms with Crippen molar-refractivity contribution in [2.75, 3.05) is 13.7 Å². The minimum atomic E-state index is -0.382. The van der Waals surface area contributed by atoms with Crippen LogP contribution in [0.15, 0.2) is 24.8 Å². The monoisotopic (exact) mass is 659 g/mol. The van der Waals surface area contributed by atoms with Gasteiger partial charge in [0.2, 0.25) is 0 Å². The Bertz CT molecular complexity index is 2160. The SMILES string of the molecule is C=Cc1c(C)c2cc3nc(c4c5[nH]c(cc6nc(cc1[nH]2)C(C)=C6CC)c(C)c5C(=O)N(CCCCCC)C4=O)C(CCC(=O)OC)=C3C. The normalized spacial score (nSPS) is 14.3. The van der Waals surface area contributed by atoms with E-state index in [0.29, 0.717) is 47.4 Å². The number of rotatable bonds is 10. The van der Waals surface area contributed by atoms with Crippen molar-refractivity contribution >= 4 is 68.2 Å². The van der Waals surface area contributed by atoms with Crippen LogP contribution in [0.1, 0.15) is 133 Å². The first-order valence-electron chi connectivity index (χ1n) is 17.3. The van der Waals surface area contributed by atoms with Gasteiger partial charge in [0, 0.05) is 35.1 Å². The van der Waals surface area contributed by atoms with Gasteiger partial charge < -0.3 is 14.7 Å². The van der Waals surface area contributed by atoms with Crippen molar-refractivity contribution in [2.24, 2.45) is 0 Å². The second-order valence-electron chi connectivity index (χ2n) is 13.1. The van der Waals surface area contributed by atoms with Crippen LogP contribution >= 0.6 is 0 Å². The van der Waals surface area contributed by atoms with Gasteiger partial charge in [-0.2, -0.15) is 0 Å². The third-order valence-electron chi connectivity index (χ3n) is 10.2. The number of methoxy groups -OCH3 is 1. The molecule has 9 heteroatoms. The van der Waals surface area contributed by atoms with Gasteiger partial charge in [-0.3, -0.25) is 19.3 Å². The number of aryl methyl sites for hydroxylation is 2. The number of esters is 1. The van der Waals surface area contributed by atoms with Crippen molar-refractivity contribution in [1.29, 1.82) is 0 Å². The molecule has 0 radical (unpaired) electrons. The summed E-state index contributed by atoms with van der Waals surface area (Å²) in [4.78, 5) is 59.9. The molecule has 3 aliphatic heterocycles. The van der Waals surface area contributed by atoms with E-state index in [2.05, 4.69) is 43.4 Å². The minimum absolute atomic E-state index is 0.122. The van der Waals surface area contributed by atoms with Crippen molar-refractivity contribution in [3.05, 3.63) is 75.4 Å². The maximum atomic E-state index is 14.6. The molecule has 2 N–H and O–H groups in total. The lowest BCUT2D eigenvalue weighted by atomic mass is 9.94. The summed E-state index contributed by atoms with van der Waals surface area (Å²) in [5.41, 5.74) is 13.1. The van der Waals surface area contributed by atoms with E-state index >= 15 is 0 Å². The average molecular weight is 660 g/mol. The van der Waals surface area contributed by atoms with Crippen LogP contribution in [0.4, 0.5) is 0 Å². The van der Waals surface area contributed by atoms with Gasteiger partial charge in [-0.15, -0.1) is 0 Å². The minimum Gasteiger partial charge on any atom is -0.469 e. The summed E-state index contributed by atoms with van der Waals surface area (Å²) >= 11 is 0. The predicted molar refractivity (Wildman–Crippen MR) is 197 cm³/mol. The molecule has 0 fully saturated rings. The first-order chi connectivity index (χ1) is 23.5. The van der Waals surface area contributed by atoms with E-state index in [0.717, 1.165) is 92.6 Å². The average Bonchev–Trinajstić information content (AvgIpc) is 3.76. The Morgan fingerprint density at radius 1 is 0.837 bits per heavy atom. The second-order valence-corrected chi connectivity index (χ2v) is 13.1. The third kappa shape index (κ3) is 5.75. The molecule has 254 valence electrons. The number of nitrogens with zero attached hydrogens (tertiary/aromatic N) is 3. The molecule has 9 nitrogen and oxygen atoms in total. The van der Waals surface area contributed by atoms with Gasteiger partial charge in [0.05, 0.1) is 46.5 Å². The molecule has 0 saturated carbocycles. The number of aromatic amines is 2. The molecule has 0 unspecified atom stereocenters. The maximum Gasteiger partial charge on any atom is 0.305 e. The van der Waals surface area contributed by atoms with Crippen LogP contribution in [0.25, 0.3) is 50.4 Å². The molecule has 6 rings (SSSR count). The number of fused-ring (bicyclic) bond motifs is 8. The highest BCUT2D eigenvalue weighted by Crippen LogP contribution is 2.41. The smallest absolute Gasteiger partial charge is 0.305 e. The highest BCUT2D eigenvalue weighted by Gasteiger charge is 2.38. The van der Waals surface area contributed by atoms with E-state index in [1.807, 2.05) is 39.0 Å². The maximum absolute atomic E-state index is 14.6. The molecular formula is C40H45N5O4. The number of hydrogen-bond donors (Lipinski definition) is 2. The lowest BCUT2D eigenvalue weighted by Gasteiger charge is -2.26. The van der Waals surface area contributed by atoms with Gasteiger partial charge in [0.15, 0.2) is 0 Å². The van der Waals surface area contributed by atoms with E-state index in [9.17, 15) is 14.4 Å². The van der Waals surface area contributed by atoms with Crippen LogP contribution in [0.5, 0.6) is 0 Å². The van der Waals surface area contributed by atoms with E-state index in [4.69, 9.17) is 14.7 Å². The highest BCUT2D eigenvalue weighted by molar-refractivity contribution is 6.24. The quantitative estimate of drug-likeness (QED) is 0.127. The predicted octanol–water partition coefficient (Wildman–Crippen LogP) is 8.98. The number of carbonyl (C=O) groups excluding carboxylic acids is 3. The molecule has 2 amide bonds. The lowest BCUT2D eigenvalue weighted by Crippen LogP contribution is -2.41. The number of allylic oxidation sites excluding steroid dienone is 4. The molecule has 3 aromatic rings. The molecular weight excluding hydrogens is 614 g/mol. The van der Waals surface area contributed by atoms with Crippen LogP contribution in [0.3, 0.4) is 0 Å². The third-order valence-corrected chi connectivity index (χ3v) is 10.2. The largest absolute Gasteiger partial charge is 0.469 e. The number of imide groups is 1. The highest BCUT2D eigenvalue weighted by atomic mass is 16.5. The summed E-state index contributed by atoms with van der Waals surface area (Å²) in [6.07, 6.45) is 6.78. The number of hydrogen-bond acceptors (Lipinski definition) is 6. The van der Waals surface area contributed by atoms with Crippen LogP contribution in [-0.4, -0.2) is 56.3 Å². The van der Waals surface area contributed by atoms with Gasteiger partial charge in [-0.25, -0.2) is 9.97 Å². The molecule has 3 aliphatic rings. The summed E-state index contributed by atoms with van der Waals surface area (Å²) in [6.45, 7) is 16.7. The topological polar surface area (TPSA) is 121 Å². The zero-order valence-electron chi connectivity index (χ0n) is 29.6. The molecule has 0 atom stereocenters. The molecule has 0 aliphatic carbocycles. The second kappa shape index (κ2) is 13.5. The summed E-state index contributed by atoms with van der Waals surface area (Å²) in [5, 5.41) is 0. The summed E-state index contributed by atoms with van der Waals surface area (Å²) in [5.74, 6) is -1.04. The Kier molecular flexibility index (Phi) is 9.29. The fourth-order valence-corrected chi connectivity index (χ4v) is 7.31. The van der Waals surface area contributed by atoms with Gasteiger partial charge in [-0.1, -0.05) is 45.8 Å². The van der Waals surface area contributed by atoms with Crippen LogP contribution in [0.2, 0.25) is 0 Å². The van der Waals surface area contributed by atoms with Crippen molar-refractivity contribution in [3.8, 4) is 0 Å². The molecule has 6 heterocycles. The van der Waals surface area contributed by atoms with Crippen molar-refractivity contribution in [2.45, 2.75) is 86.5 Å². The molecule has 49 heavy (non-hydrogen) atoms. The van der Waals surface area contributed by atoms with Gasteiger partial charge >= 0.3 is 5.97 Å². The van der Waals surface area contributed by atoms with E-state index < -0.39 is 0 Å². The van der Waals surface area contributed by atoms with Crippen molar-refractivity contribution in [3.63, 3.8) is 0 Å². The zero-order chi connectivity index (χ0) is 35.1. The van der Waals surface area contributed by atoms with Gasteiger partial charge in [0.1, 0.15) is 0 Å². The Balaban J connectivity index is 1.76. The number of amides is 2. The molecule has 3 aromatic heterocycles. The molecule has 0 aromatic carbocycles. The van der Waals surface area contributed by atoms with Gasteiger partial charge in [0.25, 0.3) is 11.8 Å². The first-order valence-corrected chi connectivity index (χ1v) is 17.3. The molecule has 0 saturated heterocycles.